The lowest BCUT2D eigenvalue weighted by Gasteiger charge is -2.36. The second-order valence-electron chi connectivity index (χ2n) is 4.52. The van der Waals surface area contributed by atoms with Crippen LogP contribution >= 0.6 is 23.2 Å². The zero-order chi connectivity index (χ0) is 11.8. The van der Waals surface area contributed by atoms with Crippen molar-refractivity contribution in [1.29, 1.82) is 0 Å². The third-order valence-corrected chi connectivity index (χ3v) is 3.96. The highest BCUT2D eigenvalue weighted by molar-refractivity contribution is 6.42. The molecule has 1 aliphatic rings. The molecule has 88 valence electrons. The monoisotopic (exact) mass is 259 g/mol. The fraction of sp³-hybridized carbons (Fsp3) is 0.500. The predicted octanol–water partition coefficient (Wildman–Crippen LogP) is 3.08. The first kappa shape index (κ1) is 12.2. The largest absolute Gasteiger partial charge is 0.385 e. The van der Waals surface area contributed by atoms with Crippen molar-refractivity contribution in [2.45, 2.75) is 37.3 Å². The van der Waals surface area contributed by atoms with E-state index in [4.69, 9.17) is 28.9 Å². The molecule has 2 rings (SSSR count). The Hall–Kier alpha value is -0.280. The minimum Gasteiger partial charge on any atom is -0.385 e. The molecular weight excluding hydrogens is 245 g/mol. The summed E-state index contributed by atoms with van der Waals surface area (Å²) in [5.74, 6) is 0. The Kier molecular flexibility index (Phi) is 3.45. The summed E-state index contributed by atoms with van der Waals surface area (Å²) >= 11 is 11.8. The highest BCUT2D eigenvalue weighted by Gasteiger charge is 2.34. The predicted molar refractivity (Wildman–Crippen MR) is 66.8 cm³/mol. The van der Waals surface area contributed by atoms with E-state index in [1.54, 1.807) is 12.1 Å². The van der Waals surface area contributed by atoms with Crippen LogP contribution in [0.1, 0.15) is 31.2 Å². The van der Waals surface area contributed by atoms with Gasteiger partial charge in [-0.25, -0.2) is 0 Å². The van der Waals surface area contributed by atoms with Gasteiger partial charge < -0.3 is 10.8 Å². The van der Waals surface area contributed by atoms with Gasteiger partial charge in [0.25, 0.3) is 0 Å². The lowest BCUT2D eigenvalue weighted by atomic mass is 9.78. The summed E-state index contributed by atoms with van der Waals surface area (Å²) in [6, 6.07) is 5.35. The average Bonchev–Trinajstić information content (AvgIpc) is 2.21. The maximum Gasteiger partial charge on any atom is 0.0911 e. The molecule has 1 aromatic rings. The Morgan fingerprint density at radius 1 is 1.31 bits per heavy atom. The maximum atomic E-state index is 10.5. The summed E-state index contributed by atoms with van der Waals surface area (Å²) in [5.41, 5.74) is 5.87. The molecule has 2 unspecified atom stereocenters. The van der Waals surface area contributed by atoms with Crippen molar-refractivity contribution in [2.24, 2.45) is 5.73 Å². The van der Waals surface area contributed by atoms with Gasteiger partial charge >= 0.3 is 0 Å². The van der Waals surface area contributed by atoms with Crippen molar-refractivity contribution in [3.63, 3.8) is 0 Å². The van der Waals surface area contributed by atoms with Crippen molar-refractivity contribution >= 4 is 23.2 Å². The van der Waals surface area contributed by atoms with E-state index >= 15 is 0 Å². The molecule has 2 atom stereocenters. The summed E-state index contributed by atoms with van der Waals surface area (Å²) in [6.45, 7) is 0. The Balaban J connectivity index is 2.31. The first-order valence-corrected chi connectivity index (χ1v) is 6.20. The second-order valence-corrected chi connectivity index (χ2v) is 5.33. The minimum atomic E-state index is -0.841. The molecule has 0 bridgehead atoms. The molecule has 0 heterocycles. The van der Waals surface area contributed by atoms with Gasteiger partial charge in [0.2, 0.25) is 0 Å². The summed E-state index contributed by atoms with van der Waals surface area (Å²) < 4.78 is 0. The molecule has 2 nitrogen and oxygen atoms in total. The van der Waals surface area contributed by atoms with Gasteiger partial charge in [0.05, 0.1) is 15.6 Å². The number of hydrogen-bond acceptors (Lipinski definition) is 2. The Bertz CT molecular complexity index is 397. The molecule has 3 N–H and O–H groups in total. The van der Waals surface area contributed by atoms with Crippen LogP contribution in [0, 0.1) is 0 Å². The Morgan fingerprint density at radius 2 is 2.06 bits per heavy atom. The first-order valence-electron chi connectivity index (χ1n) is 5.45. The van der Waals surface area contributed by atoms with Gasteiger partial charge in [0, 0.05) is 6.04 Å². The molecule has 0 radical (unpaired) electrons. The summed E-state index contributed by atoms with van der Waals surface area (Å²) in [4.78, 5) is 0. The van der Waals surface area contributed by atoms with Gasteiger partial charge in [0.15, 0.2) is 0 Å². The quantitative estimate of drug-likeness (QED) is 0.815. The van der Waals surface area contributed by atoms with Gasteiger partial charge in [-0.05, 0) is 43.4 Å². The van der Waals surface area contributed by atoms with Gasteiger partial charge in [-0.15, -0.1) is 0 Å². The van der Waals surface area contributed by atoms with Crippen molar-refractivity contribution in [1.82, 2.24) is 0 Å². The molecule has 4 heteroatoms. The molecule has 1 saturated carbocycles. The number of rotatable bonds is 1. The topological polar surface area (TPSA) is 46.2 Å². The summed E-state index contributed by atoms with van der Waals surface area (Å²) in [6.07, 6.45) is 3.24. The van der Waals surface area contributed by atoms with E-state index in [9.17, 15) is 5.11 Å². The fourth-order valence-electron chi connectivity index (χ4n) is 2.34. The van der Waals surface area contributed by atoms with Crippen LogP contribution in [-0.4, -0.2) is 11.1 Å². The zero-order valence-corrected chi connectivity index (χ0v) is 10.4. The highest BCUT2D eigenvalue weighted by Crippen LogP contribution is 2.38. The molecule has 1 aromatic carbocycles. The van der Waals surface area contributed by atoms with Crippen LogP contribution in [0.5, 0.6) is 0 Å². The summed E-state index contributed by atoms with van der Waals surface area (Å²) in [7, 11) is 0. The van der Waals surface area contributed by atoms with Gasteiger partial charge in [-0.3, -0.25) is 0 Å². The Morgan fingerprint density at radius 3 is 2.69 bits per heavy atom. The van der Waals surface area contributed by atoms with Crippen molar-refractivity contribution in [2.75, 3.05) is 0 Å². The van der Waals surface area contributed by atoms with Crippen LogP contribution in [0.2, 0.25) is 10.0 Å². The molecule has 0 spiro atoms. The smallest absolute Gasteiger partial charge is 0.0911 e. The fourth-order valence-corrected chi connectivity index (χ4v) is 2.64. The Labute approximate surface area is 105 Å². The van der Waals surface area contributed by atoms with E-state index in [-0.39, 0.29) is 6.04 Å². The van der Waals surface area contributed by atoms with E-state index in [2.05, 4.69) is 0 Å². The number of halogens is 2. The molecular formula is C12H15Cl2NO. The number of hydrogen-bond donors (Lipinski definition) is 2. The van der Waals surface area contributed by atoms with Gasteiger partial charge in [-0.2, -0.15) is 0 Å². The highest BCUT2D eigenvalue weighted by atomic mass is 35.5. The van der Waals surface area contributed by atoms with Crippen LogP contribution in [0.3, 0.4) is 0 Å². The third-order valence-electron chi connectivity index (χ3n) is 3.22. The first-order chi connectivity index (χ1) is 7.51. The normalized spacial score (nSPS) is 30.4. The van der Waals surface area contributed by atoms with Gasteiger partial charge in [0.1, 0.15) is 0 Å². The lowest BCUT2D eigenvalue weighted by molar-refractivity contribution is -0.00715. The second kappa shape index (κ2) is 4.53. The van der Waals surface area contributed by atoms with Crippen molar-refractivity contribution in [3.8, 4) is 0 Å². The van der Waals surface area contributed by atoms with Crippen LogP contribution < -0.4 is 5.73 Å². The van der Waals surface area contributed by atoms with Crippen LogP contribution in [0.25, 0.3) is 0 Å². The van der Waals surface area contributed by atoms with Crippen LogP contribution in [0.4, 0.5) is 0 Å². The number of nitrogens with two attached hydrogens (primary N) is 1. The molecule has 0 amide bonds. The van der Waals surface area contributed by atoms with Gasteiger partial charge in [-0.1, -0.05) is 29.3 Å². The third kappa shape index (κ3) is 2.35. The minimum absolute atomic E-state index is 0.0632. The SMILES string of the molecule is NC1CCCC(O)(c2ccc(Cl)c(Cl)c2)C1. The van der Waals surface area contributed by atoms with E-state index in [1.165, 1.54) is 0 Å². The molecule has 0 aliphatic heterocycles. The van der Waals surface area contributed by atoms with E-state index < -0.39 is 5.60 Å². The standard InChI is InChI=1S/C12H15Cl2NO/c13-10-4-3-8(6-11(10)14)12(16)5-1-2-9(15)7-12/h3-4,6,9,16H,1-2,5,7,15H2. The average molecular weight is 260 g/mol. The molecule has 0 saturated heterocycles. The van der Waals surface area contributed by atoms with Crippen molar-refractivity contribution < 1.29 is 5.11 Å². The molecule has 1 fully saturated rings. The van der Waals surface area contributed by atoms with E-state index in [1.807, 2.05) is 6.07 Å². The lowest BCUT2D eigenvalue weighted by Crippen LogP contribution is -2.39. The zero-order valence-electron chi connectivity index (χ0n) is 8.92. The molecule has 16 heavy (non-hydrogen) atoms. The number of aliphatic hydroxyl groups is 1. The summed E-state index contributed by atoms with van der Waals surface area (Å²) in [5, 5.41) is 11.5. The number of benzene rings is 1. The molecule has 1 aliphatic carbocycles. The van der Waals surface area contributed by atoms with E-state index in [0.29, 0.717) is 16.5 Å². The maximum absolute atomic E-state index is 10.5. The van der Waals surface area contributed by atoms with E-state index in [0.717, 1.165) is 24.8 Å². The van der Waals surface area contributed by atoms with Crippen LogP contribution in [0.15, 0.2) is 18.2 Å². The van der Waals surface area contributed by atoms with Crippen molar-refractivity contribution in [3.05, 3.63) is 33.8 Å². The molecule has 0 aromatic heterocycles. The van der Waals surface area contributed by atoms with Crippen LogP contribution in [-0.2, 0) is 5.60 Å².